The number of aliphatic hydroxyl groups excluding tert-OH is 1. The summed E-state index contributed by atoms with van der Waals surface area (Å²) >= 11 is 0. The predicted molar refractivity (Wildman–Crippen MR) is 79.2 cm³/mol. The Labute approximate surface area is 121 Å². The Kier molecular flexibility index (Phi) is 5.68. The first kappa shape index (κ1) is 15.1. The van der Waals surface area contributed by atoms with Gasteiger partial charge in [0.15, 0.2) is 11.5 Å². The minimum atomic E-state index is 0.300. The van der Waals surface area contributed by atoms with Crippen LogP contribution in [0, 0.1) is 5.92 Å². The molecule has 4 heteroatoms. The minimum absolute atomic E-state index is 0.300. The first-order valence-corrected chi connectivity index (χ1v) is 7.31. The number of ether oxygens (including phenoxy) is 2. The lowest BCUT2D eigenvalue weighted by atomic mass is 9.95. The number of aliphatic hydroxyl groups is 1. The van der Waals surface area contributed by atoms with Crippen LogP contribution < -0.4 is 9.47 Å². The van der Waals surface area contributed by atoms with Crippen LogP contribution in [0.2, 0.25) is 0 Å². The normalized spacial score (nSPS) is 19.9. The molecule has 0 aromatic heterocycles. The van der Waals surface area contributed by atoms with Gasteiger partial charge in [-0.15, -0.1) is 0 Å². The summed E-state index contributed by atoms with van der Waals surface area (Å²) in [5, 5.41) is 9.07. The van der Waals surface area contributed by atoms with Crippen LogP contribution in [-0.4, -0.2) is 43.9 Å². The fourth-order valence-corrected chi connectivity index (χ4v) is 2.95. The molecule has 0 saturated carbocycles. The van der Waals surface area contributed by atoms with Gasteiger partial charge in [0.2, 0.25) is 0 Å². The molecule has 0 aliphatic carbocycles. The molecular formula is C16H25NO3. The second-order valence-corrected chi connectivity index (χ2v) is 5.44. The van der Waals surface area contributed by atoms with E-state index < -0.39 is 0 Å². The summed E-state index contributed by atoms with van der Waals surface area (Å²) in [6, 6.07) is 6.11. The number of nitrogens with zero attached hydrogens (tertiary/aromatic N) is 1. The average Bonchev–Trinajstić information content (AvgIpc) is 2.48. The fourth-order valence-electron chi connectivity index (χ4n) is 2.95. The third-order valence-corrected chi connectivity index (χ3v) is 3.99. The van der Waals surface area contributed by atoms with Crippen LogP contribution in [0.15, 0.2) is 18.2 Å². The van der Waals surface area contributed by atoms with E-state index in [0.29, 0.717) is 12.5 Å². The molecule has 1 aliphatic heterocycles. The van der Waals surface area contributed by atoms with Crippen molar-refractivity contribution in [2.75, 3.05) is 33.9 Å². The highest BCUT2D eigenvalue weighted by molar-refractivity contribution is 5.42. The Hall–Kier alpha value is -1.26. The van der Waals surface area contributed by atoms with Gasteiger partial charge in [0.1, 0.15) is 0 Å². The van der Waals surface area contributed by atoms with Crippen LogP contribution in [-0.2, 0) is 6.54 Å². The lowest BCUT2D eigenvalue weighted by Crippen LogP contribution is -2.35. The van der Waals surface area contributed by atoms with Crippen molar-refractivity contribution >= 4 is 0 Å². The van der Waals surface area contributed by atoms with Crippen LogP contribution in [0.1, 0.15) is 24.8 Å². The van der Waals surface area contributed by atoms with Gasteiger partial charge in [-0.05, 0) is 49.4 Å². The van der Waals surface area contributed by atoms with Crippen LogP contribution in [0.5, 0.6) is 11.5 Å². The molecule has 0 spiro atoms. The summed E-state index contributed by atoms with van der Waals surface area (Å²) < 4.78 is 10.6. The van der Waals surface area contributed by atoms with Gasteiger partial charge >= 0.3 is 0 Å². The average molecular weight is 279 g/mol. The third-order valence-electron chi connectivity index (χ3n) is 3.99. The van der Waals surface area contributed by atoms with Crippen molar-refractivity contribution in [3.05, 3.63) is 23.8 Å². The first-order chi connectivity index (χ1) is 9.76. The number of hydrogen-bond acceptors (Lipinski definition) is 4. The number of piperidine rings is 1. The zero-order valence-corrected chi connectivity index (χ0v) is 12.5. The van der Waals surface area contributed by atoms with Gasteiger partial charge in [-0.3, -0.25) is 4.90 Å². The fraction of sp³-hybridized carbons (Fsp3) is 0.625. The summed E-state index contributed by atoms with van der Waals surface area (Å²) in [7, 11) is 3.32. The lowest BCUT2D eigenvalue weighted by molar-refractivity contribution is 0.142. The standard InChI is InChI=1S/C16H25NO3/c1-19-15-6-5-14(10-16(15)20-2)12-17-8-3-4-13(11-17)7-9-18/h5-6,10,13,18H,3-4,7-9,11-12H2,1-2H3. The van der Waals surface area contributed by atoms with E-state index in [-0.39, 0.29) is 0 Å². The van der Waals surface area contributed by atoms with Crippen molar-refractivity contribution in [1.29, 1.82) is 0 Å². The van der Waals surface area contributed by atoms with Crippen molar-refractivity contribution in [1.82, 2.24) is 4.90 Å². The molecule has 1 unspecified atom stereocenters. The Morgan fingerprint density at radius 2 is 2.05 bits per heavy atom. The highest BCUT2D eigenvalue weighted by atomic mass is 16.5. The zero-order chi connectivity index (χ0) is 14.4. The van der Waals surface area contributed by atoms with Crippen molar-refractivity contribution in [3.8, 4) is 11.5 Å². The van der Waals surface area contributed by atoms with Crippen LogP contribution >= 0.6 is 0 Å². The lowest BCUT2D eigenvalue weighted by Gasteiger charge is -2.32. The van der Waals surface area contributed by atoms with Crippen molar-refractivity contribution in [3.63, 3.8) is 0 Å². The number of rotatable bonds is 6. The van der Waals surface area contributed by atoms with E-state index in [4.69, 9.17) is 14.6 Å². The van der Waals surface area contributed by atoms with Crippen LogP contribution in [0.3, 0.4) is 0 Å². The summed E-state index contributed by atoms with van der Waals surface area (Å²) in [5.41, 5.74) is 1.24. The predicted octanol–water partition coefficient (Wildman–Crippen LogP) is 2.30. The maximum Gasteiger partial charge on any atom is 0.161 e. The summed E-state index contributed by atoms with van der Waals surface area (Å²) in [5.74, 6) is 2.19. The Balaban J connectivity index is 1.98. The number of methoxy groups -OCH3 is 2. The molecule has 1 N–H and O–H groups in total. The van der Waals surface area contributed by atoms with Gasteiger partial charge in [-0.2, -0.15) is 0 Å². The Bertz CT molecular complexity index is 420. The van der Waals surface area contributed by atoms with E-state index in [2.05, 4.69) is 17.0 Å². The van der Waals surface area contributed by atoms with Gasteiger partial charge < -0.3 is 14.6 Å². The van der Waals surface area contributed by atoms with Gasteiger partial charge in [0.05, 0.1) is 14.2 Å². The summed E-state index contributed by atoms with van der Waals surface area (Å²) in [6.07, 6.45) is 3.38. The van der Waals surface area contributed by atoms with E-state index in [1.807, 2.05) is 6.07 Å². The van der Waals surface area contributed by atoms with Gasteiger partial charge in [-0.25, -0.2) is 0 Å². The van der Waals surface area contributed by atoms with Gasteiger partial charge in [0.25, 0.3) is 0 Å². The maximum atomic E-state index is 9.07. The highest BCUT2D eigenvalue weighted by Gasteiger charge is 2.19. The highest BCUT2D eigenvalue weighted by Crippen LogP contribution is 2.29. The van der Waals surface area contributed by atoms with Crippen LogP contribution in [0.25, 0.3) is 0 Å². The number of likely N-dealkylation sites (tertiary alicyclic amines) is 1. The molecule has 112 valence electrons. The Morgan fingerprint density at radius 3 is 2.75 bits per heavy atom. The minimum Gasteiger partial charge on any atom is -0.493 e. The molecule has 1 aromatic rings. The number of benzene rings is 1. The molecular weight excluding hydrogens is 254 g/mol. The summed E-state index contributed by atoms with van der Waals surface area (Å²) in [4.78, 5) is 2.46. The summed E-state index contributed by atoms with van der Waals surface area (Å²) in [6.45, 7) is 3.45. The van der Waals surface area contributed by atoms with E-state index in [9.17, 15) is 0 Å². The van der Waals surface area contributed by atoms with E-state index in [1.54, 1.807) is 14.2 Å². The largest absolute Gasteiger partial charge is 0.493 e. The molecule has 4 nitrogen and oxygen atoms in total. The van der Waals surface area contributed by atoms with Crippen molar-refractivity contribution in [2.24, 2.45) is 5.92 Å². The molecule has 1 saturated heterocycles. The molecule has 0 radical (unpaired) electrons. The number of hydrogen-bond donors (Lipinski definition) is 1. The second-order valence-electron chi connectivity index (χ2n) is 5.44. The van der Waals surface area contributed by atoms with E-state index in [0.717, 1.165) is 37.6 Å². The molecule has 20 heavy (non-hydrogen) atoms. The van der Waals surface area contributed by atoms with Crippen molar-refractivity contribution in [2.45, 2.75) is 25.8 Å². The molecule has 1 aromatic carbocycles. The molecule has 1 fully saturated rings. The molecule has 1 atom stereocenters. The van der Waals surface area contributed by atoms with Gasteiger partial charge in [-0.1, -0.05) is 6.07 Å². The molecule has 0 amide bonds. The SMILES string of the molecule is COc1ccc(CN2CCCC(CCO)C2)cc1OC. The first-order valence-electron chi connectivity index (χ1n) is 7.31. The third kappa shape index (κ3) is 3.87. The molecule has 0 bridgehead atoms. The van der Waals surface area contributed by atoms with Crippen molar-refractivity contribution < 1.29 is 14.6 Å². The maximum absolute atomic E-state index is 9.07. The topological polar surface area (TPSA) is 41.9 Å². The Morgan fingerprint density at radius 1 is 1.25 bits per heavy atom. The van der Waals surface area contributed by atoms with Crippen LogP contribution in [0.4, 0.5) is 0 Å². The second kappa shape index (κ2) is 7.50. The smallest absolute Gasteiger partial charge is 0.161 e. The van der Waals surface area contributed by atoms with Gasteiger partial charge in [0, 0.05) is 19.7 Å². The monoisotopic (exact) mass is 279 g/mol. The quantitative estimate of drug-likeness (QED) is 0.867. The molecule has 1 heterocycles. The molecule has 1 aliphatic rings. The van der Waals surface area contributed by atoms with E-state index >= 15 is 0 Å². The zero-order valence-electron chi connectivity index (χ0n) is 12.5. The molecule has 2 rings (SSSR count). The van der Waals surface area contributed by atoms with E-state index in [1.165, 1.54) is 18.4 Å².